The number of carbonyl (C=O) groups is 2. The number of hydrogen-bond donors (Lipinski definition) is 1. The number of fused-ring (bicyclic) bond motifs is 1. The minimum atomic E-state index is -0.986. The largest absolute Gasteiger partial charge is 0.495 e. The zero-order valence-corrected chi connectivity index (χ0v) is 17.3. The molecule has 2 atom stereocenters. The Balaban J connectivity index is 1.97. The fraction of sp³-hybridized carbons (Fsp3) is 0.300. The summed E-state index contributed by atoms with van der Waals surface area (Å²) < 4.78 is 10.9. The molecule has 0 spiro atoms. The van der Waals surface area contributed by atoms with Crippen LogP contribution in [0.3, 0.4) is 0 Å². The number of nitrogens with zero attached hydrogens (tertiary/aromatic N) is 2. The van der Waals surface area contributed by atoms with Gasteiger partial charge in [-0.3, -0.25) is 24.6 Å². The van der Waals surface area contributed by atoms with Crippen molar-refractivity contribution in [2.24, 2.45) is 0 Å². The van der Waals surface area contributed by atoms with Gasteiger partial charge in [0.15, 0.2) is 6.10 Å². The second kappa shape index (κ2) is 8.58. The molecule has 0 aliphatic carbocycles. The fourth-order valence-corrected chi connectivity index (χ4v) is 3.35. The number of halogens is 1. The number of carbonyl (C=O) groups excluding carboxylic acids is 2. The molecule has 2 amide bonds. The topological polar surface area (TPSA) is 111 Å². The first-order valence-electron chi connectivity index (χ1n) is 9.19. The lowest BCUT2D eigenvalue weighted by Crippen LogP contribution is -2.53. The average Bonchev–Trinajstić information content (AvgIpc) is 2.72. The molecule has 2 aromatic carbocycles. The van der Waals surface area contributed by atoms with Gasteiger partial charge in [-0.05, 0) is 37.6 Å². The smallest absolute Gasteiger partial charge is 0.271 e. The van der Waals surface area contributed by atoms with E-state index in [0.29, 0.717) is 28.6 Å². The second-order valence-electron chi connectivity index (χ2n) is 6.64. The molecule has 10 heteroatoms. The van der Waals surface area contributed by atoms with E-state index >= 15 is 0 Å². The van der Waals surface area contributed by atoms with E-state index in [0.717, 1.165) is 0 Å². The lowest BCUT2D eigenvalue weighted by atomic mass is 10.1. The molecule has 3 rings (SSSR count). The number of nitro groups is 1. The molecule has 9 nitrogen and oxygen atoms in total. The summed E-state index contributed by atoms with van der Waals surface area (Å²) in [6.07, 6.45) is -0.419. The Hall–Kier alpha value is -3.33. The van der Waals surface area contributed by atoms with Gasteiger partial charge in [-0.1, -0.05) is 18.5 Å². The summed E-state index contributed by atoms with van der Waals surface area (Å²) in [5, 5.41) is 14.3. The number of non-ortho nitro benzene ring substituents is 1. The Labute approximate surface area is 177 Å². The van der Waals surface area contributed by atoms with Gasteiger partial charge in [0.1, 0.15) is 17.5 Å². The highest BCUT2D eigenvalue weighted by Gasteiger charge is 2.39. The molecule has 0 saturated heterocycles. The number of nitrogens with one attached hydrogen (secondary N) is 1. The Bertz CT molecular complexity index is 1010. The zero-order valence-electron chi connectivity index (χ0n) is 16.5. The molecule has 158 valence electrons. The van der Waals surface area contributed by atoms with Gasteiger partial charge >= 0.3 is 0 Å². The summed E-state index contributed by atoms with van der Waals surface area (Å²) in [6.45, 7) is 3.31. The maximum Gasteiger partial charge on any atom is 0.271 e. The maximum absolute atomic E-state index is 13.0. The van der Waals surface area contributed by atoms with Crippen LogP contribution in [0.5, 0.6) is 11.5 Å². The number of rotatable bonds is 6. The van der Waals surface area contributed by atoms with Crippen molar-refractivity contribution in [3.8, 4) is 11.5 Å². The van der Waals surface area contributed by atoms with Gasteiger partial charge in [0.25, 0.3) is 11.6 Å². The van der Waals surface area contributed by atoms with Crippen LogP contribution in [0, 0.1) is 10.1 Å². The van der Waals surface area contributed by atoms with E-state index in [4.69, 9.17) is 21.1 Å². The van der Waals surface area contributed by atoms with Crippen molar-refractivity contribution in [1.82, 2.24) is 0 Å². The lowest BCUT2D eigenvalue weighted by Gasteiger charge is -2.36. The molecule has 2 unspecified atom stereocenters. The molecule has 1 N–H and O–H groups in total. The molecule has 1 aliphatic rings. The number of ether oxygens (including phenoxy) is 2. The van der Waals surface area contributed by atoms with Crippen molar-refractivity contribution in [1.29, 1.82) is 0 Å². The third kappa shape index (κ3) is 4.02. The first-order valence-corrected chi connectivity index (χ1v) is 9.57. The van der Waals surface area contributed by atoms with Crippen molar-refractivity contribution in [3.63, 3.8) is 0 Å². The molecule has 0 fully saturated rings. The van der Waals surface area contributed by atoms with Gasteiger partial charge in [-0.25, -0.2) is 0 Å². The fourth-order valence-electron chi connectivity index (χ4n) is 3.17. The Morgan fingerprint density at radius 2 is 2.10 bits per heavy atom. The van der Waals surface area contributed by atoms with Crippen molar-refractivity contribution in [2.75, 3.05) is 17.3 Å². The predicted octanol–water partition coefficient (Wildman–Crippen LogP) is 3.79. The van der Waals surface area contributed by atoms with Crippen molar-refractivity contribution < 1.29 is 24.0 Å². The molecule has 2 aromatic rings. The minimum absolute atomic E-state index is 0.166. The van der Waals surface area contributed by atoms with E-state index in [-0.39, 0.29) is 11.4 Å². The molecular weight excluding hydrogens is 414 g/mol. The summed E-state index contributed by atoms with van der Waals surface area (Å²) >= 11 is 6.01. The number of anilines is 2. The second-order valence-corrected chi connectivity index (χ2v) is 7.08. The van der Waals surface area contributed by atoms with E-state index in [2.05, 4.69) is 5.32 Å². The Morgan fingerprint density at radius 1 is 1.37 bits per heavy atom. The molecule has 0 radical (unpaired) electrons. The minimum Gasteiger partial charge on any atom is -0.495 e. The van der Waals surface area contributed by atoms with E-state index in [1.807, 2.05) is 0 Å². The van der Waals surface area contributed by atoms with Crippen molar-refractivity contribution >= 4 is 40.5 Å². The number of nitro benzene ring substituents is 1. The summed E-state index contributed by atoms with van der Waals surface area (Å²) in [5.74, 6) is -0.271. The summed E-state index contributed by atoms with van der Waals surface area (Å²) in [6, 6.07) is 7.71. The van der Waals surface area contributed by atoms with Gasteiger partial charge in [0.2, 0.25) is 5.91 Å². The highest BCUT2D eigenvalue weighted by Crippen LogP contribution is 2.39. The van der Waals surface area contributed by atoms with Crippen LogP contribution >= 0.6 is 11.6 Å². The van der Waals surface area contributed by atoms with Crippen LogP contribution in [0.2, 0.25) is 5.02 Å². The van der Waals surface area contributed by atoms with Crippen LogP contribution in [-0.4, -0.2) is 36.0 Å². The predicted molar refractivity (Wildman–Crippen MR) is 111 cm³/mol. The van der Waals surface area contributed by atoms with Crippen molar-refractivity contribution in [2.45, 2.75) is 32.4 Å². The SMILES string of the molecule is CCC1Oc2ccc([N+](=O)[O-])cc2N(C(C)C(=O)Nc2cc(Cl)ccc2OC)C1=O. The van der Waals surface area contributed by atoms with Gasteiger partial charge in [0, 0.05) is 17.2 Å². The van der Waals surface area contributed by atoms with Gasteiger partial charge < -0.3 is 14.8 Å². The van der Waals surface area contributed by atoms with E-state index < -0.39 is 28.9 Å². The molecule has 1 aliphatic heterocycles. The molecular formula is C20H20ClN3O6. The zero-order chi connectivity index (χ0) is 22.0. The molecule has 0 bridgehead atoms. The molecule has 30 heavy (non-hydrogen) atoms. The van der Waals surface area contributed by atoms with Gasteiger partial charge in [-0.2, -0.15) is 0 Å². The highest BCUT2D eigenvalue weighted by molar-refractivity contribution is 6.31. The lowest BCUT2D eigenvalue weighted by molar-refractivity contribution is -0.384. The van der Waals surface area contributed by atoms with Gasteiger partial charge in [-0.15, -0.1) is 0 Å². The highest BCUT2D eigenvalue weighted by atomic mass is 35.5. The van der Waals surface area contributed by atoms with Crippen LogP contribution in [0.4, 0.5) is 17.1 Å². The number of hydrogen-bond acceptors (Lipinski definition) is 6. The van der Waals surface area contributed by atoms with Crippen LogP contribution in [-0.2, 0) is 9.59 Å². The summed E-state index contributed by atoms with van der Waals surface area (Å²) in [5.41, 5.74) is 0.294. The molecule has 0 saturated carbocycles. The monoisotopic (exact) mass is 433 g/mol. The summed E-state index contributed by atoms with van der Waals surface area (Å²) in [7, 11) is 1.45. The third-order valence-electron chi connectivity index (χ3n) is 4.75. The number of methoxy groups -OCH3 is 1. The van der Waals surface area contributed by atoms with Crippen LogP contribution in [0.1, 0.15) is 20.3 Å². The average molecular weight is 434 g/mol. The molecule has 1 heterocycles. The Kier molecular flexibility index (Phi) is 6.12. The van der Waals surface area contributed by atoms with E-state index in [9.17, 15) is 19.7 Å². The Morgan fingerprint density at radius 3 is 2.73 bits per heavy atom. The van der Waals surface area contributed by atoms with Crippen molar-refractivity contribution in [3.05, 3.63) is 51.5 Å². The van der Waals surface area contributed by atoms with E-state index in [1.165, 1.54) is 43.2 Å². The first-order chi connectivity index (χ1) is 14.3. The standard InChI is InChI=1S/C20H20ClN3O6/c1-4-16-20(26)23(15-10-13(24(27)28)6-8-18(15)30-16)11(2)19(25)22-14-9-12(21)5-7-17(14)29-3/h5-11,16H,4H2,1-3H3,(H,22,25). The first kappa shape index (κ1) is 21.4. The number of amides is 2. The van der Waals surface area contributed by atoms with Gasteiger partial charge in [0.05, 0.1) is 23.4 Å². The van der Waals surface area contributed by atoms with E-state index in [1.54, 1.807) is 19.1 Å². The molecule has 0 aromatic heterocycles. The maximum atomic E-state index is 13.0. The normalized spacial score (nSPS) is 16.3. The number of benzene rings is 2. The third-order valence-corrected chi connectivity index (χ3v) is 4.99. The quantitative estimate of drug-likeness (QED) is 0.548. The summed E-state index contributed by atoms with van der Waals surface area (Å²) in [4.78, 5) is 37.8. The van der Waals surface area contributed by atoms with Crippen LogP contribution in [0.25, 0.3) is 0 Å². The van der Waals surface area contributed by atoms with Crippen LogP contribution < -0.4 is 19.7 Å². The van der Waals surface area contributed by atoms with Crippen LogP contribution in [0.15, 0.2) is 36.4 Å².